The minimum atomic E-state index is -0.00536. The molecule has 0 N–H and O–H groups in total. The average Bonchev–Trinajstić information content (AvgIpc) is 2.33. The molecule has 0 saturated carbocycles. The van der Waals surface area contributed by atoms with Gasteiger partial charge in [-0.2, -0.15) is 0 Å². The molecule has 0 bridgehead atoms. The number of nitrogens with zero attached hydrogens (tertiary/aromatic N) is 2. The van der Waals surface area contributed by atoms with E-state index in [1.807, 2.05) is 0 Å². The van der Waals surface area contributed by atoms with E-state index >= 15 is 0 Å². The molecular weight excluding hydrogens is 220 g/mol. The molecule has 0 radical (unpaired) electrons. The van der Waals surface area contributed by atoms with Crippen molar-refractivity contribution in [1.29, 1.82) is 0 Å². The molecule has 0 unspecified atom stereocenters. The number of ether oxygens (including phenoxy) is 1. The Bertz CT molecular complexity index is 383. The fraction of sp³-hybridized carbons (Fsp3) is 0.167. The van der Waals surface area contributed by atoms with Gasteiger partial charge in [-0.25, -0.2) is 9.59 Å². The topological polar surface area (TPSA) is 68.1 Å². The van der Waals surface area contributed by atoms with Crippen molar-refractivity contribution in [3.63, 3.8) is 0 Å². The lowest BCUT2D eigenvalue weighted by Crippen LogP contribution is -1.89. The Labute approximate surface area is 99.2 Å². The lowest BCUT2D eigenvalue weighted by atomic mass is 10.4. The van der Waals surface area contributed by atoms with E-state index in [0.717, 1.165) is 0 Å². The van der Waals surface area contributed by atoms with Crippen molar-refractivity contribution in [3.8, 4) is 0 Å². The van der Waals surface area contributed by atoms with Crippen LogP contribution in [0.1, 0.15) is 12.8 Å². The minimum absolute atomic E-state index is 0.00536. The molecule has 0 aliphatic heterocycles. The van der Waals surface area contributed by atoms with Gasteiger partial charge in [0.1, 0.15) is 0 Å². The summed E-state index contributed by atoms with van der Waals surface area (Å²) in [6.07, 6.45) is 9.79. The fourth-order valence-electron chi connectivity index (χ4n) is 0.786. The summed E-state index contributed by atoms with van der Waals surface area (Å²) in [6, 6.07) is 0. The molecule has 0 aliphatic rings. The molecule has 0 spiro atoms. The van der Waals surface area contributed by atoms with Crippen molar-refractivity contribution < 1.29 is 14.3 Å². The van der Waals surface area contributed by atoms with Gasteiger partial charge in [-0.15, -0.1) is 23.1 Å². The van der Waals surface area contributed by atoms with E-state index in [-0.39, 0.29) is 11.8 Å². The van der Waals surface area contributed by atoms with Crippen LogP contribution in [0.4, 0.5) is 0 Å². The predicted molar refractivity (Wildman–Crippen MR) is 63.1 cm³/mol. The molecule has 0 amide bonds. The number of rotatable bonds is 8. The van der Waals surface area contributed by atoms with Gasteiger partial charge in [-0.1, -0.05) is 12.2 Å². The molecule has 0 rings (SSSR count). The molecule has 0 fully saturated rings. The molecule has 0 saturated heterocycles. The molecule has 0 atom stereocenters. The highest BCUT2D eigenvalue weighted by Crippen LogP contribution is 2.10. The Balaban J connectivity index is 4.90. The van der Waals surface area contributed by atoms with Crippen LogP contribution in [0, 0.1) is 0 Å². The SMILES string of the molecule is C=CC/C=C(/N=C=O)O/C(=C\CC=C)N=C=O. The van der Waals surface area contributed by atoms with Crippen LogP contribution >= 0.6 is 0 Å². The summed E-state index contributed by atoms with van der Waals surface area (Å²) in [5.74, 6) is -0.0107. The van der Waals surface area contributed by atoms with E-state index in [0.29, 0.717) is 12.8 Å². The number of isocyanates is 2. The van der Waals surface area contributed by atoms with Gasteiger partial charge < -0.3 is 4.74 Å². The first-order valence-corrected chi connectivity index (χ1v) is 4.74. The molecule has 5 nitrogen and oxygen atoms in total. The standard InChI is InChI=1S/C12H12N2O3/c1-3-5-7-11(13-9-15)17-12(14-10-16)8-6-4-2/h3-4,7-8H,1-2,5-6H2/b11-7-,12-8-. The van der Waals surface area contributed by atoms with Gasteiger partial charge in [0.05, 0.1) is 0 Å². The van der Waals surface area contributed by atoms with Crippen LogP contribution in [0.15, 0.2) is 59.2 Å². The smallest absolute Gasteiger partial charge is 0.243 e. The number of allylic oxidation sites excluding steroid dienone is 4. The minimum Gasteiger partial charge on any atom is -0.420 e. The van der Waals surface area contributed by atoms with Gasteiger partial charge in [-0.3, -0.25) is 0 Å². The summed E-state index contributed by atoms with van der Waals surface area (Å²) in [4.78, 5) is 26.9. The van der Waals surface area contributed by atoms with E-state index in [9.17, 15) is 9.59 Å². The van der Waals surface area contributed by atoms with E-state index in [4.69, 9.17) is 4.74 Å². The lowest BCUT2D eigenvalue weighted by Gasteiger charge is -2.02. The van der Waals surface area contributed by atoms with Gasteiger partial charge in [-0.05, 0) is 25.0 Å². The number of hydrogen-bond donors (Lipinski definition) is 0. The zero-order chi connectivity index (χ0) is 12.9. The third kappa shape index (κ3) is 7.45. The highest BCUT2D eigenvalue weighted by Gasteiger charge is 2.00. The van der Waals surface area contributed by atoms with E-state index in [1.165, 1.54) is 24.3 Å². The van der Waals surface area contributed by atoms with E-state index in [1.54, 1.807) is 12.2 Å². The lowest BCUT2D eigenvalue weighted by molar-refractivity contribution is 0.295. The normalized spacial score (nSPS) is 10.8. The Morgan fingerprint density at radius 2 is 1.41 bits per heavy atom. The summed E-state index contributed by atoms with van der Waals surface area (Å²) in [7, 11) is 0. The highest BCUT2D eigenvalue weighted by molar-refractivity contribution is 5.37. The second kappa shape index (κ2) is 10.1. The Kier molecular flexibility index (Phi) is 8.59. The predicted octanol–water partition coefficient (Wildman–Crippen LogP) is 2.51. The maximum atomic E-state index is 10.1. The molecule has 0 aliphatic carbocycles. The summed E-state index contributed by atoms with van der Waals surface area (Å²) < 4.78 is 5.10. The third-order valence-electron chi connectivity index (χ3n) is 1.44. The molecule has 0 aromatic rings. The first-order chi connectivity index (χ1) is 8.28. The number of hydrogen-bond acceptors (Lipinski definition) is 5. The molecule has 0 heterocycles. The van der Waals surface area contributed by atoms with Crippen molar-refractivity contribution in [1.82, 2.24) is 0 Å². The summed E-state index contributed by atoms with van der Waals surface area (Å²) >= 11 is 0. The van der Waals surface area contributed by atoms with E-state index in [2.05, 4.69) is 23.1 Å². The van der Waals surface area contributed by atoms with Crippen LogP contribution in [-0.2, 0) is 14.3 Å². The summed E-state index contributed by atoms with van der Waals surface area (Å²) in [6.45, 7) is 7.01. The zero-order valence-corrected chi connectivity index (χ0v) is 9.26. The second-order valence-electron chi connectivity index (χ2n) is 2.64. The first-order valence-electron chi connectivity index (χ1n) is 4.74. The largest absolute Gasteiger partial charge is 0.420 e. The number of aliphatic imine (C=N–C) groups is 2. The Morgan fingerprint density at radius 1 is 1.00 bits per heavy atom. The van der Waals surface area contributed by atoms with Crippen molar-refractivity contribution in [3.05, 3.63) is 49.2 Å². The van der Waals surface area contributed by atoms with Crippen molar-refractivity contribution in [2.24, 2.45) is 9.98 Å². The third-order valence-corrected chi connectivity index (χ3v) is 1.44. The zero-order valence-electron chi connectivity index (χ0n) is 9.26. The van der Waals surface area contributed by atoms with Crippen molar-refractivity contribution in [2.75, 3.05) is 0 Å². The molecular formula is C12H12N2O3. The highest BCUT2D eigenvalue weighted by atomic mass is 16.5. The second-order valence-corrected chi connectivity index (χ2v) is 2.64. The molecule has 5 heteroatoms. The van der Waals surface area contributed by atoms with Gasteiger partial charge in [0, 0.05) is 0 Å². The Hall–Kier alpha value is -2.48. The van der Waals surface area contributed by atoms with Gasteiger partial charge in [0.2, 0.25) is 23.9 Å². The maximum absolute atomic E-state index is 10.1. The van der Waals surface area contributed by atoms with Crippen LogP contribution in [0.3, 0.4) is 0 Å². The monoisotopic (exact) mass is 232 g/mol. The van der Waals surface area contributed by atoms with E-state index < -0.39 is 0 Å². The van der Waals surface area contributed by atoms with Gasteiger partial charge in [0.25, 0.3) is 0 Å². The molecule has 0 aromatic carbocycles. The average molecular weight is 232 g/mol. The van der Waals surface area contributed by atoms with Crippen LogP contribution in [0.5, 0.6) is 0 Å². The van der Waals surface area contributed by atoms with Crippen LogP contribution in [-0.4, -0.2) is 12.2 Å². The summed E-state index contributed by atoms with van der Waals surface area (Å²) in [5.41, 5.74) is 0. The van der Waals surface area contributed by atoms with Crippen molar-refractivity contribution in [2.45, 2.75) is 12.8 Å². The first kappa shape index (κ1) is 14.5. The van der Waals surface area contributed by atoms with Crippen LogP contribution in [0.2, 0.25) is 0 Å². The molecule has 17 heavy (non-hydrogen) atoms. The molecule has 88 valence electrons. The van der Waals surface area contributed by atoms with Gasteiger partial charge >= 0.3 is 0 Å². The van der Waals surface area contributed by atoms with Crippen molar-refractivity contribution >= 4 is 12.2 Å². The van der Waals surface area contributed by atoms with Gasteiger partial charge in [0.15, 0.2) is 0 Å². The molecule has 0 aromatic heterocycles. The maximum Gasteiger partial charge on any atom is 0.243 e. The van der Waals surface area contributed by atoms with Crippen LogP contribution in [0.25, 0.3) is 0 Å². The fourth-order valence-corrected chi connectivity index (χ4v) is 0.786. The summed E-state index contributed by atoms with van der Waals surface area (Å²) in [5, 5.41) is 0. The van der Waals surface area contributed by atoms with Crippen LogP contribution < -0.4 is 0 Å². The number of carbonyl (C=O) groups excluding carboxylic acids is 2. The quantitative estimate of drug-likeness (QED) is 0.279. The Morgan fingerprint density at radius 3 is 1.71 bits per heavy atom.